The Morgan fingerprint density at radius 1 is 1.30 bits per heavy atom. The second kappa shape index (κ2) is 5.50. The lowest BCUT2D eigenvalue weighted by molar-refractivity contribution is 0.533. The van der Waals surface area contributed by atoms with Gasteiger partial charge in [0.1, 0.15) is 5.82 Å². The Morgan fingerprint density at radius 3 is 2.95 bits per heavy atom. The molecule has 2 aromatic rings. The normalized spacial score (nSPS) is 13.8. The first-order chi connectivity index (χ1) is 9.81. The van der Waals surface area contributed by atoms with Crippen LogP contribution in [0.1, 0.15) is 36.2 Å². The molecule has 1 aromatic heterocycles. The van der Waals surface area contributed by atoms with E-state index in [0.717, 1.165) is 30.9 Å². The first kappa shape index (κ1) is 12.9. The van der Waals surface area contributed by atoms with Crippen LogP contribution in [0.15, 0.2) is 24.3 Å². The van der Waals surface area contributed by atoms with Crippen molar-refractivity contribution < 1.29 is 0 Å². The predicted molar refractivity (Wildman–Crippen MR) is 79.3 cm³/mol. The van der Waals surface area contributed by atoms with Crippen LogP contribution in [0, 0.1) is 18.3 Å². The largest absolute Gasteiger partial charge is 0.328 e. The lowest BCUT2D eigenvalue weighted by atomic mass is 10.1. The summed E-state index contributed by atoms with van der Waals surface area (Å²) in [6.45, 7) is 3.19. The maximum Gasteiger partial charge on any atom is 0.140 e. The molecule has 0 atom stereocenters. The van der Waals surface area contributed by atoms with E-state index in [0.29, 0.717) is 6.42 Å². The van der Waals surface area contributed by atoms with Gasteiger partial charge >= 0.3 is 0 Å². The molecule has 0 unspecified atom stereocenters. The summed E-state index contributed by atoms with van der Waals surface area (Å²) in [6, 6.07) is 10.7. The Morgan fingerprint density at radius 2 is 2.15 bits per heavy atom. The number of imidazole rings is 1. The minimum absolute atomic E-state index is 0.553. The average molecular weight is 265 g/mol. The molecular formula is C17H19N3. The van der Waals surface area contributed by atoms with Crippen molar-refractivity contribution in [3.63, 3.8) is 0 Å². The quantitative estimate of drug-likeness (QED) is 0.850. The summed E-state index contributed by atoms with van der Waals surface area (Å²) >= 11 is 0. The molecule has 3 heteroatoms. The maximum atomic E-state index is 8.82. The number of hydrogen-bond donors (Lipinski definition) is 0. The molecular weight excluding hydrogens is 246 g/mol. The molecule has 1 aliphatic heterocycles. The second-order valence-corrected chi connectivity index (χ2v) is 5.41. The number of benzene rings is 1. The SMILES string of the molecule is Cc1ccccc1-c1nc(CCC#N)c2n1CCCC2. The van der Waals surface area contributed by atoms with Crippen molar-refractivity contribution in [3.05, 3.63) is 41.2 Å². The fourth-order valence-corrected chi connectivity index (χ4v) is 3.02. The summed E-state index contributed by atoms with van der Waals surface area (Å²) in [5, 5.41) is 8.82. The molecule has 3 nitrogen and oxygen atoms in total. The van der Waals surface area contributed by atoms with E-state index in [-0.39, 0.29) is 0 Å². The van der Waals surface area contributed by atoms with Gasteiger partial charge in [-0.1, -0.05) is 24.3 Å². The summed E-state index contributed by atoms with van der Waals surface area (Å²) in [4.78, 5) is 4.87. The number of aromatic nitrogens is 2. The fourth-order valence-electron chi connectivity index (χ4n) is 3.02. The van der Waals surface area contributed by atoms with Crippen LogP contribution in [-0.4, -0.2) is 9.55 Å². The van der Waals surface area contributed by atoms with E-state index >= 15 is 0 Å². The lowest BCUT2D eigenvalue weighted by Crippen LogP contribution is -2.12. The first-order valence-corrected chi connectivity index (χ1v) is 7.32. The van der Waals surface area contributed by atoms with Crippen molar-refractivity contribution in [2.24, 2.45) is 0 Å². The highest BCUT2D eigenvalue weighted by molar-refractivity contribution is 5.61. The zero-order valence-corrected chi connectivity index (χ0v) is 11.9. The van der Waals surface area contributed by atoms with Crippen molar-refractivity contribution >= 4 is 0 Å². The van der Waals surface area contributed by atoms with Crippen LogP contribution in [0.25, 0.3) is 11.4 Å². The highest BCUT2D eigenvalue weighted by Crippen LogP contribution is 2.29. The average Bonchev–Trinajstić information content (AvgIpc) is 2.84. The molecule has 102 valence electrons. The zero-order valence-electron chi connectivity index (χ0n) is 11.9. The van der Waals surface area contributed by atoms with Gasteiger partial charge in [-0.05, 0) is 31.7 Å². The molecule has 2 heterocycles. The van der Waals surface area contributed by atoms with Crippen LogP contribution < -0.4 is 0 Å². The number of nitriles is 1. The third-order valence-corrected chi connectivity index (χ3v) is 4.06. The Bertz CT molecular complexity index is 661. The predicted octanol–water partition coefficient (Wildman–Crippen LogP) is 3.65. The van der Waals surface area contributed by atoms with Crippen molar-refractivity contribution in [3.8, 4) is 17.5 Å². The van der Waals surface area contributed by atoms with Crippen molar-refractivity contribution in [1.82, 2.24) is 9.55 Å². The molecule has 0 fully saturated rings. The summed E-state index contributed by atoms with van der Waals surface area (Å²) in [5.74, 6) is 1.09. The number of rotatable bonds is 3. The summed E-state index contributed by atoms with van der Waals surface area (Å²) < 4.78 is 2.37. The smallest absolute Gasteiger partial charge is 0.140 e. The minimum atomic E-state index is 0.553. The fraction of sp³-hybridized carbons (Fsp3) is 0.412. The molecule has 20 heavy (non-hydrogen) atoms. The van der Waals surface area contributed by atoms with Crippen LogP contribution in [-0.2, 0) is 19.4 Å². The third kappa shape index (κ3) is 2.22. The van der Waals surface area contributed by atoms with Gasteiger partial charge in [0.25, 0.3) is 0 Å². The number of nitrogens with zero attached hydrogens (tertiary/aromatic N) is 3. The van der Waals surface area contributed by atoms with Gasteiger partial charge in [-0.3, -0.25) is 0 Å². The molecule has 0 bridgehead atoms. The van der Waals surface area contributed by atoms with Crippen molar-refractivity contribution in [1.29, 1.82) is 5.26 Å². The van der Waals surface area contributed by atoms with Gasteiger partial charge in [-0.2, -0.15) is 5.26 Å². The molecule has 0 spiro atoms. The van der Waals surface area contributed by atoms with Crippen LogP contribution in [0.4, 0.5) is 0 Å². The van der Waals surface area contributed by atoms with E-state index in [1.807, 2.05) is 0 Å². The van der Waals surface area contributed by atoms with Crippen LogP contribution in [0.5, 0.6) is 0 Å². The maximum absolute atomic E-state index is 8.82. The van der Waals surface area contributed by atoms with E-state index in [1.165, 1.54) is 29.7 Å². The van der Waals surface area contributed by atoms with Gasteiger partial charge in [0.15, 0.2) is 0 Å². The summed E-state index contributed by atoms with van der Waals surface area (Å²) in [6.07, 6.45) is 4.88. The highest BCUT2D eigenvalue weighted by Gasteiger charge is 2.21. The van der Waals surface area contributed by atoms with Crippen LogP contribution in [0.2, 0.25) is 0 Å². The van der Waals surface area contributed by atoms with E-state index < -0.39 is 0 Å². The van der Waals surface area contributed by atoms with Crippen LogP contribution in [0.3, 0.4) is 0 Å². The van der Waals surface area contributed by atoms with Crippen molar-refractivity contribution in [2.45, 2.75) is 45.6 Å². The minimum Gasteiger partial charge on any atom is -0.328 e. The van der Waals surface area contributed by atoms with Gasteiger partial charge in [-0.25, -0.2) is 4.98 Å². The Kier molecular flexibility index (Phi) is 3.56. The standard InChI is InChI=1S/C17H19N3/c1-13-7-2-3-8-14(13)17-19-15(9-6-11-18)16-10-4-5-12-20(16)17/h2-3,7-8H,4-6,9-10,12H2,1H3. The number of aryl methyl sites for hydroxylation is 2. The van der Waals surface area contributed by atoms with Gasteiger partial charge < -0.3 is 4.57 Å². The molecule has 0 saturated heterocycles. The Labute approximate surface area is 119 Å². The van der Waals surface area contributed by atoms with Gasteiger partial charge in [-0.15, -0.1) is 0 Å². The van der Waals surface area contributed by atoms with Crippen molar-refractivity contribution in [2.75, 3.05) is 0 Å². The first-order valence-electron chi connectivity index (χ1n) is 7.32. The van der Waals surface area contributed by atoms with Gasteiger partial charge in [0, 0.05) is 30.6 Å². The molecule has 1 aliphatic rings. The highest BCUT2D eigenvalue weighted by atomic mass is 15.1. The summed E-state index contributed by atoms with van der Waals surface area (Å²) in [7, 11) is 0. The van der Waals surface area contributed by atoms with Gasteiger partial charge in [0.2, 0.25) is 0 Å². The van der Waals surface area contributed by atoms with E-state index in [2.05, 4.69) is 41.8 Å². The summed E-state index contributed by atoms with van der Waals surface area (Å²) in [5.41, 5.74) is 4.96. The molecule has 0 N–H and O–H groups in total. The van der Waals surface area contributed by atoms with E-state index in [4.69, 9.17) is 10.2 Å². The molecule has 0 amide bonds. The van der Waals surface area contributed by atoms with E-state index in [9.17, 15) is 0 Å². The zero-order chi connectivity index (χ0) is 13.9. The lowest BCUT2D eigenvalue weighted by Gasteiger charge is -2.18. The number of fused-ring (bicyclic) bond motifs is 1. The Hall–Kier alpha value is -2.08. The molecule has 3 rings (SSSR count). The number of hydrogen-bond acceptors (Lipinski definition) is 2. The molecule has 0 saturated carbocycles. The van der Waals surface area contributed by atoms with Gasteiger partial charge in [0.05, 0.1) is 11.8 Å². The van der Waals surface area contributed by atoms with Crippen LogP contribution >= 0.6 is 0 Å². The third-order valence-electron chi connectivity index (χ3n) is 4.06. The molecule has 0 aliphatic carbocycles. The molecule has 0 radical (unpaired) electrons. The monoisotopic (exact) mass is 265 g/mol. The Balaban J connectivity index is 2.10. The molecule has 1 aromatic carbocycles. The topological polar surface area (TPSA) is 41.6 Å². The van der Waals surface area contributed by atoms with E-state index in [1.54, 1.807) is 0 Å². The second-order valence-electron chi connectivity index (χ2n) is 5.41.